The lowest BCUT2D eigenvalue weighted by atomic mass is 10.00. The van der Waals surface area contributed by atoms with E-state index < -0.39 is 6.10 Å². The van der Waals surface area contributed by atoms with Crippen LogP contribution in [0.25, 0.3) is 0 Å². The summed E-state index contributed by atoms with van der Waals surface area (Å²) in [4.78, 5) is 14.1. The number of hydrogen-bond acceptors (Lipinski definition) is 3. The van der Waals surface area contributed by atoms with Crippen molar-refractivity contribution in [1.29, 1.82) is 0 Å². The molecule has 1 heterocycles. The third kappa shape index (κ3) is 4.04. The van der Waals surface area contributed by atoms with Crippen LogP contribution in [0.4, 0.5) is 0 Å². The normalized spacial score (nSPS) is 16.9. The Labute approximate surface area is 150 Å². The van der Waals surface area contributed by atoms with E-state index in [0.29, 0.717) is 5.56 Å². The number of nitrogens with zero attached hydrogens (tertiary/aromatic N) is 1. The molecule has 0 saturated carbocycles. The van der Waals surface area contributed by atoms with E-state index in [1.807, 2.05) is 24.3 Å². The van der Waals surface area contributed by atoms with Crippen LogP contribution >= 0.6 is 15.9 Å². The standard InChI is InChI=1S/C19H21BrN2O2/c20-18(22-11-10-14-6-4-5-9-16(14)13-22)17(23)12-21-19(24)15-7-2-1-3-8-15/h1-9,17-18,23H,10-13H2,(H,21,24). The maximum Gasteiger partial charge on any atom is 0.251 e. The molecule has 1 aliphatic heterocycles. The Hall–Kier alpha value is -1.69. The van der Waals surface area contributed by atoms with Gasteiger partial charge in [0.05, 0.1) is 11.1 Å². The Bertz CT molecular complexity index is 693. The van der Waals surface area contributed by atoms with E-state index in [2.05, 4.69) is 44.3 Å². The van der Waals surface area contributed by atoms with E-state index in [1.54, 1.807) is 12.1 Å². The molecule has 5 heteroatoms. The van der Waals surface area contributed by atoms with Crippen molar-refractivity contribution in [2.45, 2.75) is 24.0 Å². The predicted molar refractivity (Wildman–Crippen MR) is 98.1 cm³/mol. The van der Waals surface area contributed by atoms with Crippen LogP contribution in [0.2, 0.25) is 0 Å². The number of aliphatic hydroxyl groups excluding tert-OH is 1. The zero-order valence-electron chi connectivity index (χ0n) is 13.4. The predicted octanol–water partition coefficient (Wildman–Crippen LogP) is 2.56. The molecule has 126 valence electrons. The molecule has 2 atom stereocenters. The van der Waals surface area contributed by atoms with Crippen LogP contribution in [0.15, 0.2) is 54.6 Å². The molecule has 0 radical (unpaired) electrons. The summed E-state index contributed by atoms with van der Waals surface area (Å²) in [5.41, 5.74) is 3.27. The van der Waals surface area contributed by atoms with Crippen LogP contribution in [0, 0.1) is 0 Å². The summed E-state index contributed by atoms with van der Waals surface area (Å²) in [7, 11) is 0. The first-order valence-electron chi connectivity index (χ1n) is 8.11. The first-order chi connectivity index (χ1) is 11.6. The minimum Gasteiger partial charge on any atom is -0.389 e. The molecule has 0 saturated heterocycles. The average molecular weight is 389 g/mol. The van der Waals surface area contributed by atoms with Crippen LogP contribution < -0.4 is 5.32 Å². The third-order valence-electron chi connectivity index (χ3n) is 4.33. The second kappa shape index (κ2) is 7.92. The van der Waals surface area contributed by atoms with Crippen molar-refractivity contribution in [3.8, 4) is 0 Å². The van der Waals surface area contributed by atoms with Gasteiger partial charge in [0, 0.05) is 25.2 Å². The number of benzene rings is 2. The van der Waals surface area contributed by atoms with Gasteiger partial charge >= 0.3 is 0 Å². The van der Waals surface area contributed by atoms with E-state index in [4.69, 9.17) is 0 Å². The van der Waals surface area contributed by atoms with Gasteiger partial charge in [-0.2, -0.15) is 0 Å². The zero-order chi connectivity index (χ0) is 16.9. The minimum absolute atomic E-state index is 0.168. The van der Waals surface area contributed by atoms with Gasteiger partial charge in [0.25, 0.3) is 5.91 Å². The molecule has 0 fully saturated rings. The maximum absolute atomic E-state index is 12.1. The number of carbonyl (C=O) groups excluding carboxylic acids is 1. The van der Waals surface area contributed by atoms with Gasteiger partial charge in [-0.05, 0) is 29.7 Å². The van der Waals surface area contributed by atoms with Crippen LogP contribution in [0.1, 0.15) is 21.5 Å². The molecule has 0 spiro atoms. The molecular weight excluding hydrogens is 368 g/mol. The fraction of sp³-hybridized carbons (Fsp3) is 0.316. The Morgan fingerprint density at radius 2 is 1.79 bits per heavy atom. The topological polar surface area (TPSA) is 52.6 Å². The summed E-state index contributed by atoms with van der Waals surface area (Å²) in [6, 6.07) is 17.4. The molecular formula is C19H21BrN2O2. The van der Waals surface area contributed by atoms with Crippen molar-refractivity contribution < 1.29 is 9.90 Å². The number of carbonyl (C=O) groups is 1. The molecule has 3 rings (SSSR count). The quantitative estimate of drug-likeness (QED) is 0.611. The summed E-state index contributed by atoms with van der Waals surface area (Å²) >= 11 is 3.59. The summed E-state index contributed by atoms with van der Waals surface area (Å²) in [6.45, 7) is 1.90. The molecule has 2 aromatic carbocycles. The number of alkyl halides is 1. The second-order valence-electron chi connectivity index (χ2n) is 6.01. The van der Waals surface area contributed by atoms with Crippen molar-refractivity contribution in [3.63, 3.8) is 0 Å². The van der Waals surface area contributed by atoms with Crippen molar-refractivity contribution >= 4 is 21.8 Å². The van der Waals surface area contributed by atoms with Crippen molar-refractivity contribution in [3.05, 3.63) is 71.3 Å². The molecule has 0 bridgehead atoms. The lowest BCUT2D eigenvalue weighted by molar-refractivity contribution is 0.0780. The van der Waals surface area contributed by atoms with Crippen molar-refractivity contribution in [1.82, 2.24) is 10.2 Å². The van der Waals surface area contributed by atoms with Gasteiger partial charge in [0.2, 0.25) is 0 Å². The number of hydrogen-bond donors (Lipinski definition) is 2. The van der Waals surface area contributed by atoms with Gasteiger partial charge in [-0.1, -0.05) is 58.4 Å². The Balaban J connectivity index is 1.54. The summed E-state index contributed by atoms with van der Waals surface area (Å²) in [5, 5.41) is 13.2. The van der Waals surface area contributed by atoms with E-state index in [-0.39, 0.29) is 17.4 Å². The molecule has 0 aliphatic carbocycles. The zero-order valence-corrected chi connectivity index (χ0v) is 14.9. The first-order valence-corrected chi connectivity index (χ1v) is 9.03. The van der Waals surface area contributed by atoms with Gasteiger partial charge < -0.3 is 10.4 Å². The van der Waals surface area contributed by atoms with Crippen LogP contribution in [0.5, 0.6) is 0 Å². The van der Waals surface area contributed by atoms with E-state index in [1.165, 1.54) is 11.1 Å². The summed E-state index contributed by atoms with van der Waals surface area (Å²) in [5.74, 6) is -0.168. The van der Waals surface area contributed by atoms with Gasteiger partial charge in [-0.3, -0.25) is 9.69 Å². The minimum atomic E-state index is -0.678. The average Bonchev–Trinajstić information content (AvgIpc) is 2.65. The van der Waals surface area contributed by atoms with E-state index in [0.717, 1.165) is 19.5 Å². The third-order valence-corrected chi connectivity index (χ3v) is 5.52. The largest absolute Gasteiger partial charge is 0.389 e. The highest BCUT2D eigenvalue weighted by Gasteiger charge is 2.27. The van der Waals surface area contributed by atoms with Crippen LogP contribution in [-0.2, 0) is 13.0 Å². The first kappa shape index (κ1) is 17.1. The Morgan fingerprint density at radius 1 is 1.12 bits per heavy atom. The molecule has 1 amide bonds. The van der Waals surface area contributed by atoms with E-state index >= 15 is 0 Å². The molecule has 2 aromatic rings. The van der Waals surface area contributed by atoms with Crippen LogP contribution in [0.3, 0.4) is 0 Å². The van der Waals surface area contributed by atoms with Gasteiger partial charge in [-0.15, -0.1) is 0 Å². The van der Waals surface area contributed by atoms with Gasteiger partial charge in [-0.25, -0.2) is 0 Å². The van der Waals surface area contributed by atoms with Crippen LogP contribution in [-0.4, -0.2) is 40.1 Å². The maximum atomic E-state index is 12.1. The number of nitrogens with one attached hydrogen (secondary N) is 1. The highest BCUT2D eigenvalue weighted by Crippen LogP contribution is 2.23. The lowest BCUT2D eigenvalue weighted by Gasteiger charge is -2.34. The molecule has 2 unspecified atom stereocenters. The highest BCUT2D eigenvalue weighted by molar-refractivity contribution is 9.09. The van der Waals surface area contributed by atoms with Gasteiger partial charge in [0.1, 0.15) is 0 Å². The molecule has 2 N–H and O–H groups in total. The number of halogens is 1. The number of rotatable bonds is 5. The summed E-state index contributed by atoms with van der Waals surface area (Å²) in [6.07, 6.45) is 0.296. The molecule has 0 aromatic heterocycles. The smallest absolute Gasteiger partial charge is 0.251 e. The van der Waals surface area contributed by atoms with Crippen molar-refractivity contribution in [2.24, 2.45) is 0 Å². The monoisotopic (exact) mass is 388 g/mol. The van der Waals surface area contributed by atoms with Crippen molar-refractivity contribution in [2.75, 3.05) is 13.1 Å². The number of fused-ring (bicyclic) bond motifs is 1. The second-order valence-corrected chi connectivity index (χ2v) is 6.94. The Kier molecular flexibility index (Phi) is 5.66. The lowest BCUT2D eigenvalue weighted by Crippen LogP contribution is -2.46. The fourth-order valence-corrected chi connectivity index (χ4v) is 3.49. The fourth-order valence-electron chi connectivity index (χ4n) is 2.96. The molecule has 4 nitrogen and oxygen atoms in total. The number of aliphatic hydroxyl groups is 1. The molecule has 24 heavy (non-hydrogen) atoms. The highest BCUT2D eigenvalue weighted by atomic mass is 79.9. The van der Waals surface area contributed by atoms with Gasteiger partial charge in [0.15, 0.2) is 0 Å². The van der Waals surface area contributed by atoms with E-state index in [9.17, 15) is 9.90 Å². The number of amides is 1. The molecule has 1 aliphatic rings. The summed E-state index contributed by atoms with van der Waals surface area (Å²) < 4.78 is 0. The SMILES string of the molecule is O=C(NCC(O)C(Br)N1CCc2ccccc2C1)c1ccccc1. The Morgan fingerprint density at radius 3 is 2.54 bits per heavy atom.